The zero-order chi connectivity index (χ0) is 22.7. The molecule has 4 rings (SSSR count). The summed E-state index contributed by atoms with van der Waals surface area (Å²) in [5.41, 5.74) is 2.76. The van der Waals surface area contributed by atoms with E-state index in [-0.39, 0.29) is 23.7 Å². The van der Waals surface area contributed by atoms with Crippen LogP contribution in [0.15, 0.2) is 73.3 Å². The third kappa shape index (κ3) is 4.88. The van der Waals surface area contributed by atoms with Gasteiger partial charge in [-0.05, 0) is 73.0 Å². The predicted octanol–water partition coefficient (Wildman–Crippen LogP) is 4.51. The van der Waals surface area contributed by atoms with Crippen molar-refractivity contribution < 1.29 is 24.8 Å². The molecule has 0 radical (unpaired) electrons. The summed E-state index contributed by atoms with van der Waals surface area (Å²) in [7, 11) is 0. The summed E-state index contributed by atoms with van der Waals surface area (Å²) in [5, 5.41) is 32.7. The second-order valence-electron chi connectivity index (χ2n) is 8.24. The SMILES string of the molecule is C=C(O)c1ccc(Oc2ccc3c(c2)C(C)(NCC(O)COc2cccc(O)c2)C3)cc1. The highest BCUT2D eigenvalue weighted by molar-refractivity contribution is 5.57. The fourth-order valence-electron chi connectivity index (χ4n) is 3.83. The molecule has 0 aliphatic heterocycles. The second kappa shape index (κ2) is 8.94. The van der Waals surface area contributed by atoms with Crippen molar-refractivity contribution in [1.29, 1.82) is 0 Å². The molecule has 6 nitrogen and oxygen atoms in total. The van der Waals surface area contributed by atoms with Gasteiger partial charge >= 0.3 is 0 Å². The monoisotopic (exact) mass is 433 g/mol. The lowest BCUT2D eigenvalue weighted by Crippen LogP contribution is -2.51. The molecule has 2 atom stereocenters. The molecule has 1 aliphatic rings. The van der Waals surface area contributed by atoms with E-state index < -0.39 is 6.10 Å². The first kappa shape index (κ1) is 21.7. The average molecular weight is 434 g/mol. The summed E-state index contributed by atoms with van der Waals surface area (Å²) in [6.45, 7) is 6.11. The van der Waals surface area contributed by atoms with Crippen molar-refractivity contribution in [2.24, 2.45) is 0 Å². The number of aliphatic hydroxyl groups excluding tert-OH is 2. The molecule has 6 heteroatoms. The Labute approximate surface area is 187 Å². The van der Waals surface area contributed by atoms with E-state index in [0.29, 0.717) is 23.6 Å². The molecule has 0 amide bonds. The summed E-state index contributed by atoms with van der Waals surface area (Å²) in [5.74, 6) is 2.06. The number of ether oxygens (including phenoxy) is 2. The van der Waals surface area contributed by atoms with Crippen molar-refractivity contribution in [3.05, 3.63) is 90.0 Å². The molecule has 32 heavy (non-hydrogen) atoms. The fraction of sp³-hybridized carbons (Fsp3) is 0.231. The summed E-state index contributed by atoms with van der Waals surface area (Å²) in [6.07, 6.45) is 0.160. The molecule has 4 N–H and O–H groups in total. The fourth-order valence-corrected chi connectivity index (χ4v) is 3.83. The van der Waals surface area contributed by atoms with Crippen molar-refractivity contribution in [3.8, 4) is 23.0 Å². The highest BCUT2D eigenvalue weighted by Crippen LogP contribution is 2.41. The first-order valence-corrected chi connectivity index (χ1v) is 10.5. The topological polar surface area (TPSA) is 91.2 Å². The zero-order valence-electron chi connectivity index (χ0n) is 17.9. The maximum Gasteiger partial charge on any atom is 0.127 e. The van der Waals surface area contributed by atoms with Crippen LogP contribution in [-0.4, -0.2) is 34.6 Å². The second-order valence-corrected chi connectivity index (χ2v) is 8.24. The van der Waals surface area contributed by atoms with E-state index in [0.717, 1.165) is 17.7 Å². The summed E-state index contributed by atoms with van der Waals surface area (Å²) in [4.78, 5) is 0. The van der Waals surface area contributed by atoms with E-state index in [1.165, 1.54) is 11.6 Å². The largest absolute Gasteiger partial charge is 0.508 e. The first-order chi connectivity index (χ1) is 15.3. The van der Waals surface area contributed by atoms with E-state index in [1.807, 2.05) is 12.1 Å². The van der Waals surface area contributed by atoms with Gasteiger partial charge in [0.1, 0.15) is 41.5 Å². The number of benzene rings is 3. The number of rotatable bonds is 9. The van der Waals surface area contributed by atoms with Gasteiger partial charge in [-0.15, -0.1) is 0 Å². The standard InChI is InChI=1S/C26H27NO5/c1-17(28)18-6-9-22(10-7-18)32-24-11-8-19-14-26(2,25(19)13-24)27-15-21(30)16-31-23-5-3-4-20(29)12-23/h3-13,21,27-30H,1,14-16H2,2H3. The Bertz CT molecular complexity index is 1110. The number of hydrogen-bond acceptors (Lipinski definition) is 6. The number of nitrogens with one attached hydrogen (secondary N) is 1. The number of fused-ring (bicyclic) bond motifs is 1. The highest BCUT2D eigenvalue weighted by Gasteiger charge is 2.38. The molecule has 0 heterocycles. The Morgan fingerprint density at radius 2 is 1.81 bits per heavy atom. The van der Waals surface area contributed by atoms with Crippen LogP contribution in [-0.2, 0) is 12.0 Å². The number of aromatic hydroxyl groups is 1. The van der Waals surface area contributed by atoms with Crippen molar-refractivity contribution in [2.45, 2.75) is 25.0 Å². The Kier molecular flexibility index (Phi) is 6.08. The normalized spacial score (nSPS) is 17.7. The van der Waals surface area contributed by atoms with E-state index in [1.54, 1.807) is 42.5 Å². The van der Waals surface area contributed by atoms with Crippen LogP contribution in [0.5, 0.6) is 23.0 Å². The van der Waals surface area contributed by atoms with Gasteiger partial charge in [0.15, 0.2) is 0 Å². The Morgan fingerprint density at radius 3 is 2.53 bits per heavy atom. The van der Waals surface area contributed by atoms with Crippen LogP contribution in [0.1, 0.15) is 23.6 Å². The summed E-state index contributed by atoms with van der Waals surface area (Å²) < 4.78 is 11.5. The van der Waals surface area contributed by atoms with Gasteiger partial charge in [0.25, 0.3) is 0 Å². The van der Waals surface area contributed by atoms with Crippen molar-refractivity contribution in [1.82, 2.24) is 5.32 Å². The van der Waals surface area contributed by atoms with Gasteiger partial charge in [-0.2, -0.15) is 0 Å². The van der Waals surface area contributed by atoms with E-state index >= 15 is 0 Å². The predicted molar refractivity (Wildman–Crippen MR) is 123 cm³/mol. The van der Waals surface area contributed by atoms with Crippen LogP contribution in [0.4, 0.5) is 0 Å². The molecule has 2 unspecified atom stereocenters. The van der Waals surface area contributed by atoms with Crippen LogP contribution in [0.3, 0.4) is 0 Å². The van der Waals surface area contributed by atoms with Crippen molar-refractivity contribution >= 4 is 5.76 Å². The third-order valence-corrected chi connectivity index (χ3v) is 5.63. The van der Waals surface area contributed by atoms with Gasteiger partial charge in [-0.25, -0.2) is 0 Å². The smallest absolute Gasteiger partial charge is 0.127 e. The molecule has 1 aliphatic carbocycles. The molecule has 0 saturated heterocycles. The molecule has 0 spiro atoms. The minimum absolute atomic E-state index is 0.0222. The minimum Gasteiger partial charge on any atom is -0.508 e. The molecular weight excluding hydrogens is 406 g/mol. The van der Waals surface area contributed by atoms with E-state index in [2.05, 4.69) is 24.9 Å². The quantitative estimate of drug-likeness (QED) is 0.371. The third-order valence-electron chi connectivity index (χ3n) is 5.63. The first-order valence-electron chi connectivity index (χ1n) is 10.5. The van der Waals surface area contributed by atoms with Crippen LogP contribution >= 0.6 is 0 Å². The molecule has 3 aromatic rings. The lowest BCUT2D eigenvalue weighted by molar-refractivity contribution is 0.0949. The summed E-state index contributed by atoms with van der Waals surface area (Å²) in [6, 6.07) is 19.6. The number of aliphatic hydroxyl groups is 2. The van der Waals surface area contributed by atoms with E-state index in [9.17, 15) is 15.3 Å². The Morgan fingerprint density at radius 1 is 1.06 bits per heavy atom. The lowest BCUT2D eigenvalue weighted by Gasteiger charge is -2.42. The lowest BCUT2D eigenvalue weighted by atomic mass is 9.71. The molecule has 0 aromatic heterocycles. The van der Waals surface area contributed by atoms with Crippen molar-refractivity contribution in [3.63, 3.8) is 0 Å². The highest BCUT2D eigenvalue weighted by atomic mass is 16.5. The molecule has 3 aromatic carbocycles. The van der Waals surface area contributed by atoms with Crippen LogP contribution < -0.4 is 14.8 Å². The van der Waals surface area contributed by atoms with Crippen LogP contribution in [0, 0.1) is 0 Å². The van der Waals surface area contributed by atoms with Gasteiger partial charge < -0.3 is 30.1 Å². The van der Waals surface area contributed by atoms with Gasteiger partial charge in [-0.1, -0.05) is 18.7 Å². The van der Waals surface area contributed by atoms with E-state index in [4.69, 9.17) is 9.47 Å². The van der Waals surface area contributed by atoms with Gasteiger partial charge in [0.2, 0.25) is 0 Å². The van der Waals surface area contributed by atoms with Crippen molar-refractivity contribution in [2.75, 3.05) is 13.2 Å². The maximum absolute atomic E-state index is 10.3. The molecule has 0 bridgehead atoms. The Balaban J connectivity index is 1.34. The average Bonchev–Trinajstić information content (AvgIpc) is 2.77. The number of hydrogen-bond donors (Lipinski definition) is 4. The van der Waals surface area contributed by atoms with Crippen LogP contribution in [0.25, 0.3) is 5.76 Å². The zero-order valence-corrected chi connectivity index (χ0v) is 17.9. The van der Waals surface area contributed by atoms with Gasteiger partial charge in [-0.3, -0.25) is 0 Å². The molecule has 166 valence electrons. The number of phenols is 1. The minimum atomic E-state index is -0.697. The van der Waals surface area contributed by atoms with Crippen LogP contribution in [0.2, 0.25) is 0 Å². The Hall–Kier alpha value is -3.48. The molecule has 0 saturated carbocycles. The molecule has 0 fully saturated rings. The summed E-state index contributed by atoms with van der Waals surface area (Å²) >= 11 is 0. The maximum atomic E-state index is 10.3. The van der Waals surface area contributed by atoms with Gasteiger partial charge in [0, 0.05) is 23.7 Å². The van der Waals surface area contributed by atoms with Gasteiger partial charge in [0.05, 0.1) is 0 Å². The molecular formula is C26H27NO5. The number of phenolic OH excluding ortho intramolecular Hbond substituents is 1.